The van der Waals surface area contributed by atoms with Gasteiger partial charge in [-0.15, -0.1) is 0 Å². The second-order valence-corrected chi connectivity index (χ2v) is 6.14. The molecule has 0 spiro atoms. The van der Waals surface area contributed by atoms with E-state index in [9.17, 15) is 9.59 Å². The van der Waals surface area contributed by atoms with Gasteiger partial charge in [-0.3, -0.25) is 14.7 Å². The first kappa shape index (κ1) is 16.9. The van der Waals surface area contributed by atoms with Gasteiger partial charge in [0, 0.05) is 26.7 Å². The lowest BCUT2D eigenvalue weighted by atomic mass is 9.99. The van der Waals surface area contributed by atoms with Gasteiger partial charge in [0.15, 0.2) is 0 Å². The number of methoxy groups -OCH3 is 1. The van der Waals surface area contributed by atoms with Gasteiger partial charge in [-0.2, -0.15) is 5.10 Å². The molecule has 2 aliphatic rings. The zero-order chi connectivity index (χ0) is 16.9. The third kappa shape index (κ3) is 3.59. The fourth-order valence-electron chi connectivity index (χ4n) is 3.31. The Morgan fingerprint density at radius 1 is 1.33 bits per heavy atom. The van der Waals surface area contributed by atoms with Crippen LogP contribution in [0.15, 0.2) is 6.07 Å². The predicted octanol–water partition coefficient (Wildman–Crippen LogP) is 0.582. The maximum atomic E-state index is 12.5. The molecule has 2 saturated heterocycles. The smallest absolute Gasteiger partial charge is 0.274 e. The molecule has 132 valence electrons. The molecule has 0 saturated carbocycles. The van der Waals surface area contributed by atoms with Gasteiger partial charge >= 0.3 is 0 Å². The zero-order valence-electron chi connectivity index (χ0n) is 14.0. The normalized spacial score (nSPS) is 21.8. The van der Waals surface area contributed by atoms with Crippen LogP contribution in [0.3, 0.4) is 0 Å². The van der Waals surface area contributed by atoms with Crippen LogP contribution in [0.4, 0.5) is 0 Å². The van der Waals surface area contributed by atoms with Crippen LogP contribution < -0.4 is 0 Å². The number of piperidine rings is 1. The van der Waals surface area contributed by atoms with Crippen LogP contribution >= 0.6 is 0 Å². The van der Waals surface area contributed by atoms with Crippen molar-refractivity contribution in [2.75, 3.05) is 46.6 Å². The maximum absolute atomic E-state index is 12.5. The summed E-state index contributed by atoms with van der Waals surface area (Å²) in [5, 5.41) is 7.14. The van der Waals surface area contributed by atoms with Crippen molar-refractivity contribution in [1.82, 2.24) is 20.0 Å². The monoisotopic (exact) mass is 336 g/mol. The first-order valence-electron chi connectivity index (χ1n) is 8.41. The molecule has 2 aliphatic heterocycles. The molecule has 0 unspecified atom stereocenters. The van der Waals surface area contributed by atoms with Gasteiger partial charge in [-0.25, -0.2) is 0 Å². The quantitative estimate of drug-likeness (QED) is 0.869. The summed E-state index contributed by atoms with van der Waals surface area (Å²) >= 11 is 0. The molecule has 8 nitrogen and oxygen atoms in total. The van der Waals surface area contributed by atoms with Crippen molar-refractivity contribution >= 4 is 11.8 Å². The minimum atomic E-state index is -0.0913. The van der Waals surface area contributed by atoms with Crippen molar-refractivity contribution < 1.29 is 19.1 Å². The molecular weight excluding hydrogens is 312 g/mol. The number of aromatic amines is 1. The van der Waals surface area contributed by atoms with E-state index < -0.39 is 0 Å². The van der Waals surface area contributed by atoms with E-state index in [2.05, 4.69) is 10.2 Å². The topological polar surface area (TPSA) is 87.8 Å². The lowest BCUT2D eigenvalue weighted by molar-refractivity contribution is -0.139. The van der Waals surface area contributed by atoms with Gasteiger partial charge in [-0.1, -0.05) is 0 Å². The summed E-state index contributed by atoms with van der Waals surface area (Å²) in [6, 6.07) is 1.71. The summed E-state index contributed by atoms with van der Waals surface area (Å²) < 4.78 is 10.2. The van der Waals surface area contributed by atoms with Crippen molar-refractivity contribution in [1.29, 1.82) is 0 Å². The number of rotatable bonds is 4. The minimum absolute atomic E-state index is 0.0298. The lowest BCUT2D eigenvalue weighted by Gasteiger charge is -2.34. The highest BCUT2D eigenvalue weighted by atomic mass is 16.5. The average molecular weight is 336 g/mol. The number of hydrogen-bond donors (Lipinski definition) is 1. The van der Waals surface area contributed by atoms with Crippen LogP contribution in [-0.2, 0) is 14.3 Å². The fraction of sp³-hybridized carbons (Fsp3) is 0.688. The molecule has 1 aromatic heterocycles. The highest BCUT2D eigenvalue weighted by molar-refractivity contribution is 5.92. The summed E-state index contributed by atoms with van der Waals surface area (Å²) in [5.41, 5.74) is 1.22. The van der Waals surface area contributed by atoms with Crippen LogP contribution in [0, 0.1) is 0 Å². The Bertz CT molecular complexity index is 582. The molecule has 0 aliphatic carbocycles. The largest absolute Gasteiger partial charge is 0.378 e. The van der Waals surface area contributed by atoms with E-state index in [0.29, 0.717) is 38.5 Å². The lowest BCUT2D eigenvalue weighted by Crippen LogP contribution is -2.41. The average Bonchev–Trinajstić information content (AvgIpc) is 3.12. The second kappa shape index (κ2) is 7.76. The van der Waals surface area contributed by atoms with Crippen LogP contribution in [0.25, 0.3) is 0 Å². The summed E-state index contributed by atoms with van der Waals surface area (Å²) in [7, 11) is 1.52. The van der Waals surface area contributed by atoms with E-state index in [0.717, 1.165) is 25.0 Å². The van der Waals surface area contributed by atoms with E-state index in [-0.39, 0.29) is 24.5 Å². The molecule has 3 heterocycles. The fourth-order valence-corrected chi connectivity index (χ4v) is 3.31. The first-order chi connectivity index (χ1) is 11.7. The molecule has 8 heteroatoms. The van der Waals surface area contributed by atoms with Crippen molar-refractivity contribution in [3.8, 4) is 0 Å². The Morgan fingerprint density at radius 2 is 2.12 bits per heavy atom. The zero-order valence-corrected chi connectivity index (χ0v) is 14.0. The van der Waals surface area contributed by atoms with Gasteiger partial charge in [0.25, 0.3) is 5.91 Å². The van der Waals surface area contributed by atoms with Gasteiger partial charge in [-0.05, 0) is 25.3 Å². The number of likely N-dealkylation sites (tertiary alicyclic amines) is 1. The van der Waals surface area contributed by atoms with Gasteiger partial charge < -0.3 is 19.3 Å². The van der Waals surface area contributed by atoms with E-state index in [4.69, 9.17) is 9.47 Å². The molecular formula is C16H24N4O4. The molecule has 24 heavy (non-hydrogen) atoms. The molecule has 0 bridgehead atoms. The Morgan fingerprint density at radius 3 is 2.88 bits per heavy atom. The van der Waals surface area contributed by atoms with Crippen LogP contribution in [-0.4, -0.2) is 78.4 Å². The molecule has 0 aromatic carbocycles. The highest BCUT2D eigenvalue weighted by Gasteiger charge is 2.30. The number of nitrogens with zero attached hydrogens (tertiary/aromatic N) is 3. The molecule has 2 fully saturated rings. The van der Waals surface area contributed by atoms with Gasteiger partial charge in [0.05, 0.1) is 24.9 Å². The number of H-pyrrole nitrogens is 1. The third-order valence-electron chi connectivity index (χ3n) is 4.57. The minimum Gasteiger partial charge on any atom is -0.378 e. The van der Waals surface area contributed by atoms with Crippen molar-refractivity contribution in [3.63, 3.8) is 0 Å². The Kier molecular flexibility index (Phi) is 5.47. The second-order valence-electron chi connectivity index (χ2n) is 6.14. The van der Waals surface area contributed by atoms with E-state index >= 15 is 0 Å². The Balaban J connectivity index is 1.73. The molecule has 3 rings (SSSR count). The van der Waals surface area contributed by atoms with E-state index in [1.165, 1.54) is 7.11 Å². The molecule has 1 N–H and O–H groups in total. The number of morpholine rings is 1. The van der Waals surface area contributed by atoms with Gasteiger partial charge in [0.2, 0.25) is 5.91 Å². The number of hydrogen-bond acceptors (Lipinski definition) is 5. The number of nitrogens with one attached hydrogen (secondary N) is 1. The first-order valence-corrected chi connectivity index (χ1v) is 8.41. The summed E-state index contributed by atoms with van der Waals surface area (Å²) in [4.78, 5) is 28.3. The third-order valence-corrected chi connectivity index (χ3v) is 4.57. The number of carbonyl (C=O) groups is 2. The number of ether oxygens (including phenoxy) is 2. The van der Waals surface area contributed by atoms with Gasteiger partial charge in [0.1, 0.15) is 12.3 Å². The molecule has 0 radical (unpaired) electrons. The highest BCUT2D eigenvalue weighted by Crippen LogP contribution is 2.30. The van der Waals surface area contributed by atoms with Crippen molar-refractivity contribution in [2.24, 2.45) is 0 Å². The van der Waals surface area contributed by atoms with Crippen LogP contribution in [0.1, 0.15) is 41.5 Å². The SMILES string of the molecule is COCC(=O)N1CCCC[C@H]1c1cc(C(=O)N2CCOCC2)n[nH]1. The number of aromatic nitrogens is 2. The van der Waals surface area contributed by atoms with Crippen LogP contribution in [0.2, 0.25) is 0 Å². The predicted molar refractivity (Wildman–Crippen MR) is 85.5 cm³/mol. The van der Waals surface area contributed by atoms with E-state index in [1.807, 2.05) is 4.90 Å². The summed E-state index contributed by atoms with van der Waals surface area (Å²) in [6.07, 6.45) is 2.90. The van der Waals surface area contributed by atoms with Crippen molar-refractivity contribution in [3.05, 3.63) is 17.5 Å². The number of amides is 2. The Labute approximate surface area is 141 Å². The van der Waals surface area contributed by atoms with Crippen LogP contribution in [0.5, 0.6) is 0 Å². The molecule has 2 amide bonds. The summed E-state index contributed by atoms with van der Waals surface area (Å²) in [6.45, 7) is 3.07. The van der Waals surface area contributed by atoms with Crippen molar-refractivity contribution in [2.45, 2.75) is 25.3 Å². The summed E-state index contributed by atoms with van der Waals surface area (Å²) in [5.74, 6) is -0.121. The molecule has 1 aromatic rings. The van der Waals surface area contributed by atoms with E-state index in [1.54, 1.807) is 11.0 Å². The Hall–Kier alpha value is -1.93. The standard InChI is InChI=1S/C16H24N4O4/c1-23-11-15(21)20-5-3-2-4-14(20)12-10-13(18-17-12)16(22)19-6-8-24-9-7-19/h10,14H,2-9,11H2,1H3,(H,17,18)/t14-/m0/s1. The number of carbonyl (C=O) groups excluding carboxylic acids is 2. The molecule has 1 atom stereocenters. The maximum Gasteiger partial charge on any atom is 0.274 e.